The highest BCUT2D eigenvalue weighted by atomic mass is 35.5. The lowest BCUT2D eigenvalue weighted by atomic mass is 10.2. The molecule has 0 aliphatic rings. The summed E-state index contributed by atoms with van der Waals surface area (Å²) in [7, 11) is 0. The minimum Gasteiger partial charge on any atom is -0.452 e. The standard InChI is InChI=1S/C19H20ClNO3S/c1-12-8-9-17(13(2)10-12)25-11-18(22)24-14(3)19(23)21-16-7-5-4-6-15(16)20/h4-10,14H,11H2,1-3H3,(H,21,23)/t14-/m1/s1. The van der Waals surface area contributed by atoms with Crippen molar-refractivity contribution >= 4 is 40.9 Å². The number of halogens is 1. The Labute approximate surface area is 156 Å². The summed E-state index contributed by atoms with van der Waals surface area (Å²) in [5.41, 5.74) is 2.78. The van der Waals surface area contributed by atoms with Gasteiger partial charge in [0, 0.05) is 4.90 Å². The normalized spacial score (nSPS) is 11.7. The van der Waals surface area contributed by atoms with Crippen molar-refractivity contribution in [3.63, 3.8) is 0 Å². The van der Waals surface area contributed by atoms with Gasteiger partial charge in [0.25, 0.3) is 5.91 Å². The first-order valence-electron chi connectivity index (χ1n) is 7.81. The first kappa shape index (κ1) is 19.3. The molecule has 25 heavy (non-hydrogen) atoms. The van der Waals surface area contributed by atoms with E-state index < -0.39 is 18.0 Å². The van der Waals surface area contributed by atoms with Crippen LogP contribution in [0.1, 0.15) is 18.1 Å². The molecule has 2 rings (SSSR count). The molecule has 1 atom stereocenters. The number of nitrogens with one attached hydrogen (secondary N) is 1. The number of ether oxygens (including phenoxy) is 1. The van der Waals surface area contributed by atoms with Crippen LogP contribution in [0.25, 0.3) is 0 Å². The summed E-state index contributed by atoms with van der Waals surface area (Å²) < 4.78 is 5.19. The van der Waals surface area contributed by atoms with E-state index in [2.05, 4.69) is 11.4 Å². The van der Waals surface area contributed by atoms with Crippen LogP contribution in [0.15, 0.2) is 47.4 Å². The number of rotatable bonds is 6. The van der Waals surface area contributed by atoms with Crippen LogP contribution in [0.5, 0.6) is 0 Å². The highest BCUT2D eigenvalue weighted by molar-refractivity contribution is 8.00. The van der Waals surface area contributed by atoms with E-state index in [1.54, 1.807) is 24.3 Å². The van der Waals surface area contributed by atoms with E-state index in [0.717, 1.165) is 10.5 Å². The molecule has 132 valence electrons. The van der Waals surface area contributed by atoms with Gasteiger partial charge in [-0.05, 0) is 44.5 Å². The number of hydrogen-bond donors (Lipinski definition) is 1. The van der Waals surface area contributed by atoms with Gasteiger partial charge >= 0.3 is 5.97 Å². The van der Waals surface area contributed by atoms with Gasteiger partial charge < -0.3 is 10.1 Å². The third-order valence-corrected chi connectivity index (χ3v) is 4.96. The number of carbonyl (C=O) groups is 2. The summed E-state index contributed by atoms with van der Waals surface area (Å²) in [6.45, 7) is 5.56. The molecular weight excluding hydrogens is 358 g/mol. The predicted molar refractivity (Wildman–Crippen MR) is 102 cm³/mol. The quantitative estimate of drug-likeness (QED) is 0.589. The van der Waals surface area contributed by atoms with E-state index in [1.165, 1.54) is 24.2 Å². The number of aryl methyl sites for hydroxylation is 2. The van der Waals surface area contributed by atoms with Crippen LogP contribution in [-0.4, -0.2) is 23.7 Å². The van der Waals surface area contributed by atoms with E-state index >= 15 is 0 Å². The number of thioether (sulfide) groups is 1. The largest absolute Gasteiger partial charge is 0.452 e. The molecule has 0 aliphatic heterocycles. The fourth-order valence-electron chi connectivity index (χ4n) is 2.18. The van der Waals surface area contributed by atoms with Gasteiger partial charge in [-0.2, -0.15) is 0 Å². The maximum atomic E-state index is 12.1. The maximum absolute atomic E-state index is 12.1. The molecule has 6 heteroatoms. The van der Waals surface area contributed by atoms with Crippen molar-refractivity contribution in [2.75, 3.05) is 11.1 Å². The van der Waals surface area contributed by atoms with Gasteiger partial charge in [0.15, 0.2) is 6.10 Å². The van der Waals surface area contributed by atoms with Crippen molar-refractivity contribution in [3.05, 3.63) is 58.6 Å². The Morgan fingerprint density at radius 3 is 2.60 bits per heavy atom. The first-order valence-corrected chi connectivity index (χ1v) is 9.18. The second-order valence-electron chi connectivity index (χ2n) is 5.66. The molecule has 0 spiro atoms. The molecule has 0 saturated heterocycles. The van der Waals surface area contributed by atoms with Crippen molar-refractivity contribution in [1.82, 2.24) is 0 Å². The van der Waals surface area contributed by atoms with E-state index in [1.807, 2.05) is 26.0 Å². The van der Waals surface area contributed by atoms with Crippen LogP contribution < -0.4 is 5.32 Å². The SMILES string of the molecule is Cc1ccc(SCC(=O)O[C@H](C)C(=O)Nc2ccccc2Cl)c(C)c1. The van der Waals surface area contributed by atoms with E-state index in [0.29, 0.717) is 10.7 Å². The number of esters is 1. The van der Waals surface area contributed by atoms with Gasteiger partial charge in [0.1, 0.15) is 0 Å². The summed E-state index contributed by atoms with van der Waals surface area (Å²) in [4.78, 5) is 25.1. The molecule has 0 heterocycles. The molecule has 0 fully saturated rings. The molecule has 0 saturated carbocycles. The van der Waals surface area contributed by atoms with Gasteiger partial charge in [-0.1, -0.05) is 41.4 Å². The van der Waals surface area contributed by atoms with Gasteiger partial charge in [-0.25, -0.2) is 0 Å². The fourth-order valence-corrected chi connectivity index (χ4v) is 3.15. The van der Waals surface area contributed by atoms with Crippen molar-refractivity contribution in [3.8, 4) is 0 Å². The minimum absolute atomic E-state index is 0.146. The van der Waals surface area contributed by atoms with Crippen molar-refractivity contribution in [1.29, 1.82) is 0 Å². The molecule has 0 radical (unpaired) electrons. The second-order valence-corrected chi connectivity index (χ2v) is 7.08. The Hall–Kier alpha value is -1.98. The Morgan fingerprint density at radius 1 is 1.20 bits per heavy atom. The lowest BCUT2D eigenvalue weighted by Gasteiger charge is -2.14. The monoisotopic (exact) mass is 377 g/mol. The summed E-state index contributed by atoms with van der Waals surface area (Å²) in [6.07, 6.45) is -0.900. The van der Waals surface area contributed by atoms with Gasteiger partial charge in [0.05, 0.1) is 16.5 Å². The topological polar surface area (TPSA) is 55.4 Å². The van der Waals surface area contributed by atoms with Crippen LogP contribution in [0.4, 0.5) is 5.69 Å². The molecule has 1 amide bonds. The van der Waals surface area contributed by atoms with Crippen LogP contribution in [0, 0.1) is 13.8 Å². The first-order chi connectivity index (χ1) is 11.9. The maximum Gasteiger partial charge on any atom is 0.317 e. The summed E-state index contributed by atoms with van der Waals surface area (Å²) in [5, 5.41) is 3.08. The third kappa shape index (κ3) is 5.80. The number of hydrogen-bond acceptors (Lipinski definition) is 4. The zero-order valence-electron chi connectivity index (χ0n) is 14.3. The Bertz CT molecular complexity index is 779. The molecule has 2 aromatic rings. The molecule has 0 aliphatic carbocycles. The van der Waals surface area contributed by atoms with Crippen LogP contribution in [0.2, 0.25) is 5.02 Å². The van der Waals surface area contributed by atoms with E-state index in [-0.39, 0.29) is 5.75 Å². The third-order valence-electron chi connectivity index (χ3n) is 3.49. The molecular formula is C19H20ClNO3S. The van der Waals surface area contributed by atoms with Gasteiger partial charge in [-0.15, -0.1) is 11.8 Å². The number of anilines is 1. The van der Waals surface area contributed by atoms with Crippen LogP contribution >= 0.6 is 23.4 Å². The van der Waals surface area contributed by atoms with Crippen LogP contribution in [-0.2, 0) is 14.3 Å². The number of carbonyl (C=O) groups excluding carboxylic acids is 2. The van der Waals surface area contributed by atoms with Crippen LogP contribution in [0.3, 0.4) is 0 Å². The van der Waals surface area contributed by atoms with Gasteiger partial charge in [0.2, 0.25) is 0 Å². The Kier molecular flexibility index (Phi) is 6.91. The lowest BCUT2D eigenvalue weighted by molar-refractivity contribution is -0.150. The minimum atomic E-state index is -0.900. The highest BCUT2D eigenvalue weighted by Crippen LogP contribution is 2.24. The summed E-state index contributed by atoms with van der Waals surface area (Å²) >= 11 is 7.39. The molecule has 0 unspecified atom stereocenters. The predicted octanol–water partition coefficient (Wildman–Crippen LogP) is 4.62. The number of para-hydroxylation sites is 1. The molecule has 0 bridgehead atoms. The van der Waals surface area contributed by atoms with Gasteiger partial charge in [-0.3, -0.25) is 9.59 Å². The number of benzene rings is 2. The Morgan fingerprint density at radius 2 is 1.92 bits per heavy atom. The van der Waals surface area contributed by atoms with Crippen molar-refractivity contribution < 1.29 is 14.3 Å². The highest BCUT2D eigenvalue weighted by Gasteiger charge is 2.19. The molecule has 4 nitrogen and oxygen atoms in total. The second kappa shape index (κ2) is 8.92. The average Bonchev–Trinajstić information content (AvgIpc) is 2.56. The molecule has 0 aromatic heterocycles. The summed E-state index contributed by atoms with van der Waals surface area (Å²) in [5.74, 6) is -0.710. The van der Waals surface area contributed by atoms with E-state index in [4.69, 9.17) is 16.3 Å². The van der Waals surface area contributed by atoms with E-state index in [9.17, 15) is 9.59 Å². The Balaban J connectivity index is 1.85. The molecule has 1 N–H and O–H groups in total. The average molecular weight is 378 g/mol. The molecule has 2 aromatic carbocycles. The zero-order chi connectivity index (χ0) is 18.4. The summed E-state index contributed by atoms with van der Waals surface area (Å²) in [6, 6.07) is 12.9. The van der Waals surface area contributed by atoms with Crippen molar-refractivity contribution in [2.24, 2.45) is 0 Å². The lowest BCUT2D eigenvalue weighted by Crippen LogP contribution is -2.30. The smallest absolute Gasteiger partial charge is 0.317 e. The number of amides is 1. The van der Waals surface area contributed by atoms with Crippen molar-refractivity contribution in [2.45, 2.75) is 31.8 Å². The fraction of sp³-hybridized carbons (Fsp3) is 0.263. The zero-order valence-corrected chi connectivity index (χ0v) is 15.9.